The molecule has 0 aliphatic heterocycles. The van der Waals surface area contributed by atoms with Crippen molar-refractivity contribution in [3.05, 3.63) is 67.8 Å². The van der Waals surface area contributed by atoms with Gasteiger partial charge in [0.05, 0.1) is 23.0 Å². The lowest BCUT2D eigenvalue weighted by Gasteiger charge is -2.06. The number of hydrogen-bond acceptors (Lipinski definition) is 8. The van der Waals surface area contributed by atoms with Crippen molar-refractivity contribution in [2.24, 2.45) is 0 Å². The Labute approximate surface area is 169 Å². The average Bonchev–Trinajstić information content (AvgIpc) is 3.26. The molecule has 1 N–H and O–H groups in total. The molecule has 0 fully saturated rings. The molecule has 2 heterocycles. The molecule has 3 rings (SSSR count). The van der Waals surface area contributed by atoms with Crippen molar-refractivity contribution >= 4 is 23.0 Å². The first kappa shape index (κ1) is 20.4. The number of nitro groups is 2. The first-order valence-electron chi connectivity index (χ1n) is 8.57. The van der Waals surface area contributed by atoms with Gasteiger partial charge in [-0.05, 0) is 32.0 Å². The monoisotopic (exact) mass is 415 g/mol. The van der Waals surface area contributed by atoms with Gasteiger partial charge in [-0.2, -0.15) is 10.2 Å². The number of anilines is 1. The van der Waals surface area contributed by atoms with Gasteiger partial charge in [-0.15, -0.1) is 0 Å². The van der Waals surface area contributed by atoms with Gasteiger partial charge in [-0.1, -0.05) is 0 Å². The summed E-state index contributed by atoms with van der Waals surface area (Å²) in [4.78, 5) is 33.7. The Bertz CT molecular complexity index is 1150. The first-order chi connectivity index (χ1) is 14.2. The van der Waals surface area contributed by atoms with E-state index in [1.807, 2.05) is 0 Å². The number of hydrogen-bond donors (Lipinski definition) is 1. The molecular formula is C17H17N7O6. The van der Waals surface area contributed by atoms with Gasteiger partial charge in [-0.3, -0.25) is 29.7 Å². The van der Waals surface area contributed by atoms with Crippen LogP contribution >= 0.6 is 0 Å². The quantitative estimate of drug-likeness (QED) is 0.454. The van der Waals surface area contributed by atoms with E-state index in [1.165, 1.54) is 53.9 Å². The smallest absolute Gasteiger partial charge is 0.312 e. The fourth-order valence-electron chi connectivity index (χ4n) is 2.87. The topological polar surface area (TPSA) is 160 Å². The lowest BCUT2D eigenvalue weighted by Crippen LogP contribution is -2.16. The summed E-state index contributed by atoms with van der Waals surface area (Å²) in [6, 6.07) is 5.46. The predicted molar refractivity (Wildman–Crippen MR) is 104 cm³/mol. The minimum atomic E-state index is -0.652. The number of nitro benzene ring substituents is 1. The number of carbonyl (C=O) groups is 1. The molecule has 156 valence electrons. The molecule has 0 saturated carbocycles. The standard InChI is InChI=1S/C17H17N7O6/c1-10-16(24(28)29)11(2)22(19-10)9-21-7-6-14(20-21)17(25)18-13-5-4-12(30-3)8-15(13)23(26)27/h4-8H,9H2,1-3H3,(H,18,25). The molecule has 0 unspecified atom stereocenters. The van der Waals surface area contributed by atoms with E-state index in [0.29, 0.717) is 5.69 Å². The fraction of sp³-hybridized carbons (Fsp3) is 0.235. The molecule has 0 saturated heterocycles. The summed E-state index contributed by atoms with van der Waals surface area (Å²) in [6.07, 6.45) is 1.50. The Morgan fingerprint density at radius 2 is 1.90 bits per heavy atom. The molecule has 1 aromatic carbocycles. The summed E-state index contributed by atoms with van der Waals surface area (Å²) in [7, 11) is 1.38. The number of methoxy groups -OCH3 is 1. The van der Waals surface area contributed by atoms with E-state index >= 15 is 0 Å². The van der Waals surface area contributed by atoms with E-state index in [4.69, 9.17) is 4.74 Å². The van der Waals surface area contributed by atoms with Crippen molar-refractivity contribution in [2.75, 3.05) is 12.4 Å². The molecule has 13 nitrogen and oxygen atoms in total. The van der Waals surface area contributed by atoms with Crippen LogP contribution in [0.3, 0.4) is 0 Å². The lowest BCUT2D eigenvalue weighted by atomic mass is 10.2. The van der Waals surface area contributed by atoms with Gasteiger partial charge >= 0.3 is 5.69 Å². The second-order valence-corrected chi connectivity index (χ2v) is 6.25. The predicted octanol–water partition coefficient (Wildman–Crippen LogP) is 2.28. The highest BCUT2D eigenvalue weighted by Gasteiger charge is 2.22. The van der Waals surface area contributed by atoms with E-state index in [9.17, 15) is 25.0 Å². The number of carbonyl (C=O) groups excluding carboxylic acids is 1. The van der Waals surface area contributed by atoms with Crippen LogP contribution in [0.5, 0.6) is 5.75 Å². The molecule has 0 atom stereocenters. The number of nitrogens with zero attached hydrogens (tertiary/aromatic N) is 6. The number of rotatable bonds is 7. The number of benzene rings is 1. The number of aromatic nitrogens is 4. The van der Waals surface area contributed by atoms with Crippen LogP contribution < -0.4 is 10.1 Å². The molecule has 30 heavy (non-hydrogen) atoms. The summed E-state index contributed by atoms with van der Waals surface area (Å²) in [6.45, 7) is 3.15. The van der Waals surface area contributed by atoms with Crippen molar-refractivity contribution in [2.45, 2.75) is 20.5 Å². The molecule has 0 aliphatic carbocycles. The van der Waals surface area contributed by atoms with Crippen LogP contribution in [0.4, 0.5) is 17.1 Å². The third-order valence-corrected chi connectivity index (χ3v) is 4.33. The Balaban J connectivity index is 1.79. The van der Waals surface area contributed by atoms with Crippen molar-refractivity contribution < 1.29 is 19.4 Å². The molecule has 1 amide bonds. The molecule has 0 radical (unpaired) electrons. The maximum Gasteiger partial charge on any atom is 0.312 e. The SMILES string of the molecule is COc1ccc(NC(=O)c2ccn(Cn3nc(C)c([N+](=O)[O-])c3C)n2)c([N+](=O)[O-])c1. The lowest BCUT2D eigenvalue weighted by molar-refractivity contribution is -0.386. The van der Waals surface area contributed by atoms with Gasteiger partial charge in [0.15, 0.2) is 5.69 Å². The third kappa shape index (κ3) is 3.94. The molecule has 2 aromatic heterocycles. The molecule has 0 spiro atoms. The number of aryl methyl sites for hydroxylation is 1. The van der Waals surface area contributed by atoms with Crippen molar-refractivity contribution in [3.63, 3.8) is 0 Å². The average molecular weight is 415 g/mol. The van der Waals surface area contributed by atoms with E-state index in [0.717, 1.165) is 0 Å². The van der Waals surface area contributed by atoms with Gasteiger partial charge in [-0.25, -0.2) is 4.68 Å². The van der Waals surface area contributed by atoms with Crippen LogP contribution in [0.2, 0.25) is 0 Å². The zero-order chi connectivity index (χ0) is 22.0. The third-order valence-electron chi connectivity index (χ3n) is 4.33. The zero-order valence-corrected chi connectivity index (χ0v) is 16.2. The van der Waals surface area contributed by atoms with E-state index in [-0.39, 0.29) is 40.9 Å². The fourth-order valence-corrected chi connectivity index (χ4v) is 2.87. The summed E-state index contributed by atoms with van der Waals surface area (Å²) in [5.74, 6) is -0.371. The Morgan fingerprint density at radius 1 is 1.17 bits per heavy atom. The zero-order valence-electron chi connectivity index (χ0n) is 16.2. The van der Waals surface area contributed by atoms with Crippen molar-refractivity contribution in [1.29, 1.82) is 0 Å². The van der Waals surface area contributed by atoms with Crippen LogP contribution in [0.15, 0.2) is 30.5 Å². The maximum absolute atomic E-state index is 12.5. The Hall–Kier alpha value is -4.29. The highest BCUT2D eigenvalue weighted by Crippen LogP contribution is 2.29. The molecule has 3 aromatic rings. The van der Waals surface area contributed by atoms with Gasteiger partial charge in [0.2, 0.25) is 0 Å². The van der Waals surface area contributed by atoms with E-state index in [2.05, 4.69) is 15.5 Å². The normalized spacial score (nSPS) is 10.6. The van der Waals surface area contributed by atoms with Crippen LogP contribution in [0.25, 0.3) is 0 Å². The number of amides is 1. The summed E-state index contributed by atoms with van der Waals surface area (Å²) < 4.78 is 7.74. The summed E-state index contributed by atoms with van der Waals surface area (Å²) in [5.41, 5.74) is 0.233. The summed E-state index contributed by atoms with van der Waals surface area (Å²) in [5, 5.41) is 33.0. The van der Waals surface area contributed by atoms with Crippen molar-refractivity contribution in [1.82, 2.24) is 19.6 Å². The highest BCUT2D eigenvalue weighted by atomic mass is 16.6. The molecule has 0 aliphatic rings. The first-order valence-corrected chi connectivity index (χ1v) is 8.57. The van der Waals surface area contributed by atoms with E-state index in [1.54, 1.807) is 6.92 Å². The Kier molecular flexibility index (Phi) is 5.44. The van der Waals surface area contributed by atoms with E-state index < -0.39 is 15.8 Å². The molecule has 13 heteroatoms. The van der Waals surface area contributed by atoms with Crippen LogP contribution in [0, 0.1) is 34.1 Å². The summed E-state index contributed by atoms with van der Waals surface area (Å²) >= 11 is 0. The van der Waals surface area contributed by atoms with Gasteiger partial charge in [0.25, 0.3) is 11.6 Å². The maximum atomic E-state index is 12.5. The second kappa shape index (κ2) is 7.98. The van der Waals surface area contributed by atoms with Crippen molar-refractivity contribution in [3.8, 4) is 5.75 Å². The number of nitrogens with one attached hydrogen (secondary N) is 1. The largest absolute Gasteiger partial charge is 0.496 e. The van der Waals surface area contributed by atoms with Crippen LogP contribution in [-0.2, 0) is 6.67 Å². The van der Waals surface area contributed by atoms with Gasteiger partial charge in [0, 0.05) is 6.20 Å². The van der Waals surface area contributed by atoms with Crippen LogP contribution in [0.1, 0.15) is 21.9 Å². The Morgan fingerprint density at radius 3 is 2.50 bits per heavy atom. The van der Waals surface area contributed by atoms with Crippen LogP contribution in [-0.4, -0.2) is 42.4 Å². The molecular weight excluding hydrogens is 398 g/mol. The minimum absolute atomic E-state index is 0.00507. The van der Waals surface area contributed by atoms with Gasteiger partial charge < -0.3 is 10.1 Å². The highest BCUT2D eigenvalue weighted by molar-refractivity contribution is 6.04. The molecule has 0 bridgehead atoms. The van der Waals surface area contributed by atoms with Gasteiger partial charge in [0.1, 0.15) is 29.5 Å². The minimum Gasteiger partial charge on any atom is -0.496 e. The second-order valence-electron chi connectivity index (χ2n) is 6.25. The number of ether oxygens (including phenoxy) is 1.